The summed E-state index contributed by atoms with van der Waals surface area (Å²) in [7, 11) is -3.22. The Labute approximate surface area is 111 Å². The van der Waals surface area contributed by atoms with Crippen LogP contribution < -0.4 is 5.73 Å². The van der Waals surface area contributed by atoms with Gasteiger partial charge in [0.15, 0.2) is 15.4 Å². The van der Waals surface area contributed by atoms with Crippen molar-refractivity contribution in [2.24, 2.45) is 5.73 Å². The van der Waals surface area contributed by atoms with Crippen LogP contribution in [0.2, 0.25) is 5.02 Å². The number of furan rings is 1. The van der Waals surface area contributed by atoms with E-state index in [0.29, 0.717) is 16.4 Å². The highest BCUT2D eigenvalue weighted by Crippen LogP contribution is 2.30. The molecule has 0 amide bonds. The predicted octanol–water partition coefficient (Wildman–Crippen LogP) is 2.52. The van der Waals surface area contributed by atoms with Crippen LogP contribution in [0.15, 0.2) is 28.7 Å². The Balaban J connectivity index is 2.46. The minimum atomic E-state index is -3.22. The third kappa shape index (κ3) is 2.39. The lowest BCUT2D eigenvalue weighted by molar-refractivity contribution is 0.481. The molecule has 1 aromatic carbocycles. The van der Waals surface area contributed by atoms with E-state index >= 15 is 0 Å². The van der Waals surface area contributed by atoms with Gasteiger partial charge < -0.3 is 10.2 Å². The van der Waals surface area contributed by atoms with E-state index in [1.54, 1.807) is 25.1 Å². The molecular weight excluding hydrogens is 274 g/mol. The summed E-state index contributed by atoms with van der Waals surface area (Å²) < 4.78 is 28.5. The average molecular weight is 288 g/mol. The summed E-state index contributed by atoms with van der Waals surface area (Å²) in [6.07, 6.45) is 1.16. The van der Waals surface area contributed by atoms with Crippen molar-refractivity contribution in [1.82, 2.24) is 0 Å². The Morgan fingerprint density at radius 1 is 1.39 bits per heavy atom. The van der Waals surface area contributed by atoms with Gasteiger partial charge in [0, 0.05) is 11.6 Å². The Bertz CT molecular complexity index is 678. The van der Waals surface area contributed by atoms with Crippen molar-refractivity contribution in [2.75, 3.05) is 6.26 Å². The molecule has 18 heavy (non-hydrogen) atoms. The highest BCUT2D eigenvalue weighted by atomic mass is 35.5. The van der Waals surface area contributed by atoms with Crippen LogP contribution >= 0.6 is 11.6 Å². The lowest BCUT2D eigenvalue weighted by atomic mass is 10.1. The van der Waals surface area contributed by atoms with Gasteiger partial charge in [-0.25, -0.2) is 8.42 Å². The smallest absolute Gasteiger partial charge is 0.152 e. The molecule has 0 aliphatic rings. The molecule has 0 fully saturated rings. The van der Waals surface area contributed by atoms with E-state index in [0.717, 1.165) is 11.6 Å². The van der Waals surface area contributed by atoms with Crippen molar-refractivity contribution >= 4 is 32.4 Å². The maximum absolute atomic E-state index is 11.5. The minimum absolute atomic E-state index is 0.427. The molecule has 1 aromatic heterocycles. The first-order chi connectivity index (χ1) is 8.30. The van der Waals surface area contributed by atoms with Crippen LogP contribution in [0, 0.1) is 0 Å². The molecule has 2 atom stereocenters. The van der Waals surface area contributed by atoms with Crippen LogP contribution in [0.4, 0.5) is 0 Å². The van der Waals surface area contributed by atoms with E-state index in [1.165, 1.54) is 0 Å². The first-order valence-electron chi connectivity index (χ1n) is 5.43. The van der Waals surface area contributed by atoms with Crippen LogP contribution in [-0.4, -0.2) is 19.9 Å². The third-order valence-electron chi connectivity index (χ3n) is 3.02. The highest BCUT2D eigenvalue weighted by molar-refractivity contribution is 7.91. The van der Waals surface area contributed by atoms with Crippen molar-refractivity contribution in [3.05, 3.63) is 35.0 Å². The molecule has 2 N–H and O–H groups in total. The topological polar surface area (TPSA) is 73.3 Å². The van der Waals surface area contributed by atoms with Crippen LogP contribution in [-0.2, 0) is 9.84 Å². The van der Waals surface area contributed by atoms with Gasteiger partial charge in [-0.15, -0.1) is 0 Å². The van der Waals surface area contributed by atoms with Gasteiger partial charge >= 0.3 is 0 Å². The van der Waals surface area contributed by atoms with Crippen molar-refractivity contribution < 1.29 is 12.8 Å². The van der Waals surface area contributed by atoms with Crippen LogP contribution in [0.1, 0.15) is 18.7 Å². The van der Waals surface area contributed by atoms with Crippen LogP contribution in [0.3, 0.4) is 0 Å². The summed E-state index contributed by atoms with van der Waals surface area (Å²) >= 11 is 5.99. The summed E-state index contributed by atoms with van der Waals surface area (Å²) in [5.74, 6) is 0.427. The molecule has 2 aromatic rings. The number of benzene rings is 1. The molecule has 6 heteroatoms. The zero-order chi connectivity index (χ0) is 13.5. The van der Waals surface area contributed by atoms with E-state index in [9.17, 15) is 8.42 Å². The normalized spacial score (nSPS) is 15.8. The largest absolute Gasteiger partial charge is 0.458 e. The second-order valence-electron chi connectivity index (χ2n) is 4.37. The van der Waals surface area contributed by atoms with Crippen LogP contribution in [0.5, 0.6) is 0 Å². The molecule has 98 valence electrons. The zero-order valence-electron chi connectivity index (χ0n) is 10.1. The molecule has 0 aliphatic carbocycles. The molecule has 4 nitrogen and oxygen atoms in total. The van der Waals surface area contributed by atoms with Gasteiger partial charge in [0.2, 0.25) is 0 Å². The zero-order valence-corrected chi connectivity index (χ0v) is 11.6. The number of sulfone groups is 1. The van der Waals surface area contributed by atoms with Crippen LogP contribution in [0.25, 0.3) is 11.0 Å². The van der Waals surface area contributed by atoms with E-state index in [4.69, 9.17) is 21.8 Å². The fraction of sp³-hybridized carbons (Fsp3) is 0.333. The maximum atomic E-state index is 11.5. The molecule has 0 bridgehead atoms. The summed E-state index contributed by atoms with van der Waals surface area (Å²) in [5, 5.41) is 0.587. The highest BCUT2D eigenvalue weighted by Gasteiger charge is 2.27. The molecular formula is C12H14ClNO3S. The van der Waals surface area contributed by atoms with Gasteiger partial charge in [0.25, 0.3) is 0 Å². The lowest BCUT2D eigenvalue weighted by Crippen LogP contribution is -2.30. The van der Waals surface area contributed by atoms with E-state index in [1.807, 2.05) is 6.07 Å². The molecule has 0 spiro atoms. The number of nitrogens with two attached hydrogens (primary N) is 1. The van der Waals surface area contributed by atoms with Gasteiger partial charge in [-0.05, 0) is 19.1 Å². The number of hydrogen-bond donors (Lipinski definition) is 1. The summed E-state index contributed by atoms with van der Waals surface area (Å²) in [4.78, 5) is 0. The SMILES string of the molecule is CC(C(N)c1cc2cccc(Cl)c2o1)S(C)(=O)=O. The molecule has 2 unspecified atom stereocenters. The maximum Gasteiger partial charge on any atom is 0.152 e. The number of para-hydroxylation sites is 1. The lowest BCUT2D eigenvalue weighted by Gasteiger charge is -2.15. The number of halogens is 1. The predicted molar refractivity (Wildman–Crippen MR) is 72.5 cm³/mol. The summed E-state index contributed by atoms with van der Waals surface area (Å²) in [5.41, 5.74) is 6.46. The Hall–Kier alpha value is -1.04. The second kappa shape index (κ2) is 4.57. The van der Waals surface area contributed by atoms with Crippen molar-refractivity contribution in [3.63, 3.8) is 0 Å². The van der Waals surface area contributed by atoms with Crippen molar-refractivity contribution in [2.45, 2.75) is 18.2 Å². The van der Waals surface area contributed by atoms with Gasteiger partial charge in [0.1, 0.15) is 5.76 Å². The average Bonchev–Trinajstić information content (AvgIpc) is 2.71. The number of fused-ring (bicyclic) bond motifs is 1. The molecule has 2 rings (SSSR count). The summed E-state index contributed by atoms with van der Waals surface area (Å²) in [6, 6.07) is 6.38. The quantitative estimate of drug-likeness (QED) is 0.941. The molecule has 0 radical (unpaired) electrons. The minimum Gasteiger partial charge on any atom is -0.458 e. The summed E-state index contributed by atoms with van der Waals surface area (Å²) in [6.45, 7) is 1.56. The molecule has 0 saturated carbocycles. The Morgan fingerprint density at radius 2 is 2.06 bits per heavy atom. The van der Waals surface area contributed by atoms with Gasteiger partial charge in [-0.2, -0.15) is 0 Å². The monoisotopic (exact) mass is 287 g/mol. The van der Waals surface area contributed by atoms with E-state index in [-0.39, 0.29) is 0 Å². The Morgan fingerprint density at radius 3 is 2.61 bits per heavy atom. The first kappa shape index (κ1) is 13.4. The fourth-order valence-electron chi connectivity index (χ4n) is 1.71. The van der Waals surface area contributed by atoms with Crippen molar-refractivity contribution in [3.8, 4) is 0 Å². The van der Waals surface area contributed by atoms with E-state index in [2.05, 4.69) is 0 Å². The van der Waals surface area contributed by atoms with E-state index < -0.39 is 21.1 Å². The van der Waals surface area contributed by atoms with Crippen molar-refractivity contribution in [1.29, 1.82) is 0 Å². The fourth-order valence-corrected chi connectivity index (χ4v) is 2.60. The van der Waals surface area contributed by atoms with Gasteiger partial charge in [-0.3, -0.25) is 0 Å². The number of hydrogen-bond acceptors (Lipinski definition) is 4. The van der Waals surface area contributed by atoms with Gasteiger partial charge in [-0.1, -0.05) is 23.7 Å². The first-order valence-corrected chi connectivity index (χ1v) is 7.76. The number of rotatable bonds is 3. The standard InChI is InChI=1S/C12H14ClNO3S/c1-7(18(2,15)16)11(14)10-6-8-4-3-5-9(13)12(8)17-10/h3-7,11H,14H2,1-2H3. The molecule has 0 aliphatic heterocycles. The molecule has 1 heterocycles. The Kier molecular flexibility index (Phi) is 3.40. The van der Waals surface area contributed by atoms with Gasteiger partial charge in [0.05, 0.1) is 16.3 Å². The molecule has 0 saturated heterocycles. The second-order valence-corrected chi connectivity index (χ2v) is 7.18. The third-order valence-corrected chi connectivity index (χ3v) is 4.97.